The quantitative estimate of drug-likeness (QED) is 0.666. The summed E-state index contributed by atoms with van der Waals surface area (Å²) >= 11 is 7.40. The molecule has 2 rings (SSSR count). The van der Waals surface area contributed by atoms with E-state index in [0.717, 1.165) is 4.90 Å². The zero-order valence-electron chi connectivity index (χ0n) is 11.8. The van der Waals surface area contributed by atoms with Gasteiger partial charge in [-0.1, -0.05) is 23.7 Å². The molecule has 0 bridgehead atoms. The Hall–Kier alpha value is -1.98. The Morgan fingerprint density at radius 1 is 1.14 bits per heavy atom. The molecular formula is C16H14ClNO3S. The van der Waals surface area contributed by atoms with Gasteiger partial charge in [-0.3, -0.25) is 4.79 Å². The Kier molecular flexibility index (Phi) is 5.86. The van der Waals surface area contributed by atoms with Gasteiger partial charge in [0.25, 0.3) is 0 Å². The average Bonchev–Trinajstić information content (AvgIpc) is 2.54. The van der Waals surface area contributed by atoms with E-state index >= 15 is 0 Å². The molecule has 0 aliphatic heterocycles. The van der Waals surface area contributed by atoms with Gasteiger partial charge in [0.2, 0.25) is 5.91 Å². The molecule has 0 heterocycles. The van der Waals surface area contributed by atoms with Gasteiger partial charge in [0, 0.05) is 10.6 Å². The maximum Gasteiger partial charge on any atom is 0.337 e. The molecule has 0 radical (unpaired) electrons. The van der Waals surface area contributed by atoms with Crippen molar-refractivity contribution in [1.82, 2.24) is 0 Å². The molecule has 0 saturated heterocycles. The third kappa shape index (κ3) is 4.51. The number of halogens is 1. The lowest BCUT2D eigenvalue weighted by Gasteiger charge is -2.07. The van der Waals surface area contributed by atoms with E-state index in [9.17, 15) is 9.59 Å². The first-order chi connectivity index (χ1) is 10.6. The number of hydrogen-bond acceptors (Lipinski definition) is 4. The van der Waals surface area contributed by atoms with Gasteiger partial charge in [-0.25, -0.2) is 4.79 Å². The number of methoxy groups -OCH3 is 1. The summed E-state index contributed by atoms with van der Waals surface area (Å²) in [6.07, 6.45) is 0. The van der Waals surface area contributed by atoms with Gasteiger partial charge in [0.05, 0.1) is 23.4 Å². The van der Waals surface area contributed by atoms with Crippen LogP contribution in [0.4, 0.5) is 5.69 Å². The molecule has 0 atom stereocenters. The summed E-state index contributed by atoms with van der Waals surface area (Å²) in [6.45, 7) is 0. The van der Waals surface area contributed by atoms with Gasteiger partial charge in [-0.05, 0) is 36.4 Å². The number of hydrogen-bond donors (Lipinski definition) is 1. The minimum atomic E-state index is -0.410. The smallest absolute Gasteiger partial charge is 0.337 e. The highest BCUT2D eigenvalue weighted by atomic mass is 35.5. The normalized spacial score (nSPS) is 10.1. The molecule has 0 unspecified atom stereocenters. The topological polar surface area (TPSA) is 55.4 Å². The number of thioether (sulfide) groups is 1. The molecule has 0 aliphatic rings. The highest BCUT2D eigenvalue weighted by Crippen LogP contribution is 2.26. The van der Waals surface area contributed by atoms with E-state index in [1.807, 2.05) is 18.2 Å². The molecule has 0 saturated carbocycles. The molecule has 0 aliphatic carbocycles. The summed E-state index contributed by atoms with van der Waals surface area (Å²) in [5.41, 5.74) is 1.06. The maximum atomic E-state index is 11.9. The molecule has 0 aromatic heterocycles. The van der Waals surface area contributed by atoms with Crippen LogP contribution < -0.4 is 5.32 Å². The monoisotopic (exact) mass is 335 g/mol. The maximum absolute atomic E-state index is 11.9. The summed E-state index contributed by atoms with van der Waals surface area (Å²) in [6, 6.07) is 13.9. The SMILES string of the molecule is COC(=O)c1ccc(NC(=O)CSc2ccccc2Cl)cc1. The molecule has 2 aromatic rings. The van der Waals surface area contributed by atoms with Crippen molar-refractivity contribution >= 4 is 40.9 Å². The second-order valence-corrected chi connectivity index (χ2v) is 5.76. The van der Waals surface area contributed by atoms with Crippen LogP contribution in [0.5, 0.6) is 0 Å². The Labute approximate surface area is 137 Å². The van der Waals surface area contributed by atoms with Crippen LogP contribution in [0.3, 0.4) is 0 Å². The lowest BCUT2D eigenvalue weighted by Crippen LogP contribution is -2.14. The fraction of sp³-hybridized carbons (Fsp3) is 0.125. The van der Waals surface area contributed by atoms with E-state index in [4.69, 9.17) is 11.6 Å². The van der Waals surface area contributed by atoms with Crippen molar-refractivity contribution in [2.45, 2.75) is 4.90 Å². The highest BCUT2D eigenvalue weighted by molar-refractivity contribution is 8.00. The number of anilines is 1. The Morgan fingerprint density at radius 2 is 1.82 bits per heavy atom. The number of benzene rings is 2. The lowest BCUT2D eigenvalue weighted by atomic mass is 10.2. The molecule has 22 heavy (non-hydrogen) atoms. The summed E-state index contributed by atoms with van der Waals surface area (Å²) < 4.78 is 4.61. The summed E-state index contributed by atoms with van der Waals surface area (Å²) in [4.78, 5) is 24.1. The standard InChI is InChI=1S/C16H14ClNO3S/c1-21-16(20)11-6-8-12(9-7-11)18-15(19)10-22-14-5-3-2-4-13(14)17/h2-9H,10H2,1H3,(H,18,19). The van der Waals surface area contributed by atoms with Crippen molar-refractivity contribution < 1.29 is 14.3 Å². The van der Waals surface area contributed by atoms with E-state index in [0.29, 0.717) is 16.3 Å². The Morgan fingerprint density at radius 3 is 2.45 bits per heavy atom. The van der Waals surface area contributed by atoms with Crippen molar-refractivity contribution in [2.24, 2.45) is 0 Å². The first kappa shape index (κ1) is 16.4. The Bertz CT molecular complexity index is 673. The minimum absolute atomic E-state index is 0.143. The lowest BCUT2D eigenvalue weighted by molar-refractivity contribution is -0.113. The first-order valence-electron chi connectivity index (χ1n) is 6.45. The summed E-state index contributed by atoms with van der Waals surface area (Å²) in [5.74, 6) is -0.300. The fourth-order valence-electron chi connectivity index (χ4n) is 1.71. The van der Waals surface area contributed by atoms with E-state index in [-0.39, 0.29) is 11.7 Å². The summed E-state index contributed by atoms with van der Waals surface area (Å²) in [7, 11) is 1.32. The van der Waals surface area contributed by atoms with Gasteiger partial charge in [0.1, 0.15) is 0 Å². The highest BCUT2D eigenvalue weighted by Gasteiger charge is 2.08. The number of ether oxygens (including phenoxy) is 1. The van der Waals surface area contributed by atoms with E-state index in [1.165, 1.54) is 18.9 Å². The summed E-state index contributed by atoms with van der Waals surface area (Å²) in [5, 5.41) is 3.39. The first-order valence-corrected chi connectivity index (χ1v) is 7.82. The molecule has 1 N–H and O–H groups in total. The number of esters is 1. The van der Waals surface area contributed by atoms with Gasteiger partial charge in [-0.15, -0.1) is 11.8 Å². The predicted molar refractivity (Wildman–Crippen MR) is 88.6 cm³/mol. The zero-order valence-corrected chi connectivity index (χ0v) is 13.4. The van der Waals surface area contributed by atoms with Gasteiger partial charge < -0.3 is 10.1 Å². The second-order valence-electron chi connectivity index (χ2n) is 4.34. The third-order valence-electron chi connectivity index (χ3n) is 2.79. The molecule has 114 valence electrons. The number of amides is 1. The van der Waals surface area contributed by atoms with E-state index in [1.54, 1.807) is 30.3 Å². The van der Waals surface area contributed by atoms with Crippen molar-refractivity contribution in [3.8, 4) is 0 Å². The van der Waals surface area contributed by atoms with Crippen LogP contribution in [0, 0.1) is 0 Å². The van der Waals surface area contributed by atoms with Crippen LogP contribution >= 0.6 is 23.4 Å². The third-order valence-corrected chi connectivity index (χ3v) is 4.30. The Balaban J connectivity index is 1.89. The van der Waals surface area contributed by atoms with Crippen LogP contribution in [0.1, 0.15) is 10.4 Å². The van der Waals surface area contributed by atoms with Crippen LogP contribution in [0.25, 0.3) is 0 Å². The van der Waals surface area contributed by atoms with Crippen molar-refractivity contribution in [3.05, 3.63) is 59.1 Å². The van der Waals surface area contributed by atoms with E-state index in [2.05, 4.69) is 10.1 Å². The molecule has 4 nitrogen and oxygen atoms in total. The minimum Gasteiger partial charge on any atom is -0.465 e. The molecular weight excluding hydrogens is 322 g/mol. The predicted octanol–water partition coefficient (Wildman–Crippen LogP) is 3.86. The molecule has 0 fully saturated rings. The molecule has 1 amide bonds. The van der Waals surface area contributed by atoms with Crippen LogP contribution in [0.2, 0.25) is 5.02 Å². The largest absolute Gasteiger partial charge is 0.465 e. The number of carbonyl (C=O) groups excluding carboxylic acids is 2. The van der Waals surface area contributed by atoms with Crippen LogP contribution in [-0.2, 0) is 9.53 Å². The van der Waals surface area contributed by atoms with E-state index < -0.39 is 5.97 Å². The second kappa shape index (κ2) is 7.87. The van der Waals surface area contributed by atoms with Crippen molar-refractivity contribution in [1.29, 1.82) is 0 Å². The number of nitrogens with one attached hydrogen (secondary N) is 1. The van der Waals surface area contributed by atoms with Crippen LogP contribution in [-0.4, -0.2) is 24.7 Å². The molecule has 6 heteroatoms. The average molecular weight is 336 g/mol. The van der Waals surface area contributed by atoms with Crippen molar-refractivity contribution in [3.63, 3.8) is 0 Å². The van der Waals surface area contributed by atoms with Crippen molar-refractivity contribution in [2.75, 3.05) is 18.2 Å². The van der Waals surface area contributed by atoms with Gasteiger partial charge >= 0.3 is 5.97 Å². The zero-order chi connectivity index (χ0) is 15.9. The number of carbonyl (C=O) groups is 2. The fourth-order valence-corrected chi connectivity index (χ4v) is 2.75. The molecule has 0 spiro atoms. The van der Waals surface area contributed by atoms with Gasteiger partial charge in [0.15, 0.2) is 0 Å². The molecule has 2 aromatic carbocycles. The number of rotatable bonds is 5. The van der Waals surface area contributed by atoms with Crippen LogP contribution in [0.15, 0.2) is 53.4 Å². The van der Waals surface area contributed by atoms with Gasteiger partial charge in [-0.2, -0.15) is 0 Å².